The first-order valence-corrected chi connectivity index (χ1v) is 8.42. The molecule has 0 spiro atoms. The Balaban J connectivity index is 0.00000441. The Kier molecular flexibility index (Phi) is 14.1. The quantitative estimate of drug-likeness (QED) is 0.330. The molecular weight excluding hydrogens is 298 g/mol. The van der Waals surface area contributed by atoms with Gasteiger partial charge in [0.15, 0.2) is 12.4 Å². The summed E-state index contributed by atoms with van der Waals surface area (Å²) in [5.41, 5.74) is 0. The summed E-state index contributed by atoms with van der Waals surface area (Å²) in [5, 5.41) is 0. The second-order valence-electron chi connectivity index (χ2n) is 5.61. The number of halogens is 1. The molecule has 1 rings (SSSR count). The Labute approximate surface area is 141 Å². The minimum Gasteiger partial charge on any atom is -1.00 e. The lowest BCUT2D eigenvalue weighted by molar-refractivity contribution is -0.727. The summed E-state index contributed by atoms with van der Waals surface area (Å²) in [7, 11) is 0. The maximum Gasteiger partial charge on any atom is 0.310 e. The molecule has 4 heteroatoms. The average molecular weight is 328 g/mol. The SMILES string of the molecule is CCCCCCCCCCCC(=O)OC[n+]1ccccc1.[Cl-]. The maximum absolute atomic E-state index is 11.6. The van der Waals surface area contributed by atoms with Crippen LogP contribution >= 0.6 is 0 Å². The third-order valence-electron chi connectivity index (χ3n) is 3.64. The van der Waals surface area contributed by atoms with Crippen LogP contribution in [0.1, 0.15) is 71.1 Å². The predicted octanol–water partition coefficient (Wildman–Crippen LogP) is 1.40. The zero-order chi connectivity index (χ0) is 15.2. The minimum atomic E-state index is -0.0886. The number of esters is 1. The Hall–Kier alpha value is -1.09. The number of carbonyl (C=O) groups is 1. The van der Waals surface area contributed by atoms with E-state index in [1.807, 2.05) is 35.2 Å². The summed E-state index contributed by atoms with van der Waals surface area (Å²) in [6.07, 6.45) is 15.7. The Morgan fingerprint density at radius 1 is 0.864 bits per heavy atom. The molecule has 0 aliphatic heterocycles. The van der Waals surface area contributed by atoms with Gasteiger partial charge in [-0.3, -0.25) is 4.79 Å². The van der Waals surface area contributed by atoms with Crippen LogP contribution in [0.4, 0.5) is 0 Å². The van der Waals surface area contributed by atoms with Gasteiger partial charge in [-0.05, 0) is 6.42 Å². The molecule has 0 atom stereocenters. The zero-order valence-corrected chi connectivity index (χ0v) is 14.6. The number of unbranched alkanes of at least 4 members (excludes halogenated alkanes) is 8. The number of aromatic nitrogens is 1. The van der Waals surface area contributed by atoms with Gasteiger partial charge in [0, 0.05) is 18.6 Å². The molecule has 1 aromatic heterocycles. The number of hydrogen-bond acceptors (Lipinski definition) is 2. The molecule has 22 heavy (non-hydrogen) atoms. The predicted molar refractivity (Wildman–Crippen MR) is 84.6 cm³/mol. The van der Waals surface area contributed by atoms with Crippen LogP contribution in [0.3, 0.4) is 0 Å². The van der Waals surface area contributed by atoms with E-state index in [-0.39, 0.29) is 18.4 Å². The van der Waals surface area contributed by atoms with Gasteiger partial charge in [-0.25, -0.2) is 0 Å². The fraction of sp³-hybridized carbons (Fsp3) is 0.667. The highest BCUT2D eigenvalue weighted by molar-refractivity contribution is 5.68. The normalized spacial score (nSPS) is 10.0. The van der Waals surface area contributed by atoms with Gasteiger partial charge in [-0.15, -0.1) is 0 Å². The van der Waals surface area contributed by atoms with Crippen LogP contribution in [0.2, 0.25) is 0 Å². The van der Waals surface area contributed by atoms with E-state index in [9.17, 15) is 4.79 Å². The highest BCUT2D eigenvalue weighted by atomic mass is 35.5. The maximum atomic E-state index is 11.6. The molecule has 0 bridgehead atoms. The number of rotatable bonds is 12. The van der Waals surface area contributed by atoms with Crippen LogP contribution in [0.25, 0.3) is 0 Å². The number of nitrogens with zero attached hydrogens (tertiary/aromatic N) is 1. The van der Waals surface area contributed by atoms with Crippen LogP contribution in [0.15, 0.2) is 30.6 Å². The molecule has 0 fully saturated rings. The molecule has 0 unspecified atom stereocenters. The molecule has 0 saturated heterocycles. The van der Waals surface area contributed by atoms with Crippen molar-refractivity contribution in [3.63, 3.8) is 0 Å². The molecule has 0 amide bonds. The second kappa shape index (κ2) is 14.8. The first kappa shape index (κ1) is 20.9. The first-order chi connectivity index (χ1) is 10.3. The van der Waals surface area contributed by atoms with E-state index in [4.69, 9.17) is 4.74 Å². The Bertz CT molecular complexity index is 371. The number of ether oxygens (including phenoxy) is 1. The monoisotopic (exact) mass is 327 g/mol. The van der Waals surface area contributed by atoms with Crippen molar-refractivity contribution in [2.24, 2.45) is 0 Å². The molecule has 0 aliphatic carbocycles. The summed E-state index contributed by atoms with van der Waals surface area (Å²) < 4.78 is 7.08. The van der Waals surface area contributed by atoms with Crippen molar-refractivity contribution in [3.8, 4) is 0 Å². The highest BCUT2D eigenvalue weighted by Crippen LogP contribution is 2.10. The van der Waals surface area contributed by atoms with Gasteiger partial charge >= 0.3 is 5.97 Å². The van der Waals surface area contributed by atoms with Gasteiger partial charge in [0.25, 0.3) is 6.73 Å². The van der Waals surface area contributed by atoms with E-state index in [1.165, 1.54) is 44.9 Å². The molecular formula is C18H30ClNO2. The summed E-state index contributed by atoms with van der Waals surface area (Å²) >= 11 is 0. The second-order valence-corrected chi connectivity index (χ2v) is 5.61. The number of pyridine rings is 1. The van der Waals surface area contributed by atoms with Crippen LogP contribution < -0.4 is 17.0 Å². The van der Waals surface area contributed by atoms with Crippen molar-refractivity contribution in [1.29, 1.82) is 0 Å². The van der Waals surface area contributed by atoms with Gasteiger partial charge in [0.05, 0.1) is 0 Å². The Morgan fingerprint density at radius 2 is 1.41 bits per heavy atom. The summed E-state index contributed by atoms with van der Waals surface area (Å²) in [6.45, 7) is 2.56. The Morgan fingerprint density at radius 3 is 2.00 bits per heavy atom. The molecule has 0 aliphatic rings. The largest absolute Gasteiger partial charge is 1.00 e. The van der Waals surface area contributed by atoms with E-state index in [0.717, 1.165) is 12.8 Å². The van der Waals surface area contributed by atoms with E-state index in [1.54, 1.807) is 0 Å². The van der Waals surface area contributed by atoms with Crippen LogP contribution in [-0.2, 0) is 16.3 Å². The zero-order valence-electron chi connectivity index (χ0n) is 13.8. The molecule has 126 valence electrons. The number of carbonyl (C=O) groups excluding carboxylic acids is 1. The van der Waals surface area contributed by atoms with Crippen LogP contribution in [0, 0.1) is 0 Å². The van der Waals surface area contributed by atoms with Crippen molar-refractivity contribution in [1.82, 2.24) is 0 Å². The first-order valence-electron chi connectivity index (χ1n) is 8.42. The van der Waals surface area contributed by atoms with Crippen LogP contribution in [0.5, 0.6) is 0 Å². The molecule has 3 nitrogen and oxygen atoms in total. The molecule has 0 aromatic carbocycles. The topological polar surface area (TPSA) is 30.2 Å². The van der Waals surface area contributed by atoms with Gasteiger partial charge in [0.2, 0.25) is 0 Å². The molecule has 1 heterocycles. The molecule has 0 N–H and O–H groups in total. The fourth-order valence-corrected chi connectivity index (χ4v) is 2.32. The summed E-state index contributed by atoms with van der Waals surface area (Å²) in [4.78, 5) is 11.6. The standard InChI is InChI=1S/C18H30NO2.ClH/c1-2-3-4-5-6-7-8-9-11-14-18(20)21-17-19-15-12-10-13-16-19;/h10,12-13,15-16H,2-9,11,14,17H2,1H3;1H/q+1;/p-1. The molecule has 0 radical (unpaired) electrons. The van der Waals surface area contributed by atoms with Crippen molar-refractivity contribution < 1.29 is 26.5 Å². The lowest BCUT2D eigenvalue weighted by Gasteiger charge is -2.03. The minimum absolute atomic E-state index is 0. The number of hydrogen-bond donors (Lipinski definition) is 0. The van der Waals surface area contributed by atoms with Gasteiger partial charge in [-0.1, -0.05) is 64.4 Å². The molecule has 1 aromatic rings. The smallest absolute Gasteiger partial charge is 0.310 e. The van der Waals surface area contributed by atoms with E-state index in [0.29, 0.717) is 13.2 Å². The van der Waals surface area contributed by atoms with Gasteiger partial charge in [0.1, 0.15) is 0 Å². The van der Waals surface area contributed by atoms with Crippen molar-refractivity contribution in [2.45, 2.75) is 77.9 Å². The van der Waals surface area contributed by atoms with Crippen molar-refractivity contribution in [2.75, 3.05) is 0 Å². The summed E-state index contributed by atoms with van der Waals surface area (Å²) in [5.74, 6) is -0.0886. The van der Waals surface area contributed by atoms with E-state index in [2.05, 4.69) is 6.92 Å². The van der Waals surface area contributed by atoms with Gasteiger partial charge in [-0.2, -0.15) is 4.57 Å². The van der Waals surface area contributed by atoms with Crippen LogP contribution in [-0.4, -0.2) is 5.97 Å². The fourth-order valence-electron chi connectivity index (χ4n) is 2.32. The lowest BCUT2D eigenvalue weighted by atomic mass is 10.1. The molecule has 0 saturated carbocycles. The third kappa shape index (κ3) is 11.6. The lowest BCUT2D eigenvalue weighted by Crippen LogP contribution is -3.00. The third-order valence-corrected chi connectivity index (χ3v) is 3.64. The van der Waals surface area contributed by atoms with Gasteiger partial charge < -0.3 is 17.1 Å². The highest BCUT2D eigenvalue weighted by Gasteiger charge is 2.05. The van der Waals surface area contributed by atoms with E-state index >= 15 is 0 Å². The van der Waals surface area contributed by atoms with Crippen molar-refractivity contribution in [3.05, 3.63) is 30.6 Å². The van der Waals surface area contributed by atoms with Crippen molar-refractivity contribution >= 4 is 5.97 Å². The average Bonchev–Trinajstić information content (AvgIpc) is 2.52. The van der Waals surface area contributed by atoms with E-state index < -0.39 is 0 Å². The summed E-state index contributed by atoms with van der Waals surface area (Å²) in [6, 6.07) is 5.79.